The number of methoxy groups -OCH3 is 6. The molecule has 0 atom stereocenters. The van der Waals surface area contributed by atoms with Crippen LogP contribution in [0.1, 0.15) is 39.9 Å². The molecule has 17 aromatic rings. The number of aryl methyl sites for hydroxylation is 5. The van der Waals surface area contributed by atoms with Gasteiger partial charge in [-0.1, -0.05) is 24.3 Å². The SMILES string of the molecule is COc1c2ccoc2c(O)c2oc(C)cc(=O)c12.COc1c2occc2c(OC)c2c(=O)cc(C)oc12.COc1ccc(COc2c3occc3c(O)c3c(=O)cc(C)oc23)cc1.COc1ccc(COc2c3occc3c(OC)c3c(=O)cc(C)oc23)cc1.Cc1cc(=O)c2c(O)c3ccoc3c(O)c2o1. The number of phenolic OH excluding ortho intramolecular Hbond substituents is 4. The van der Waals surface area contributed by atoms with Crippen LogP contribution in [0.3, 0.4) is 0 Å². The van der Waals surface area contributed by atoms with E-state index in [4.69, 9.17) is 82.1 Å². The molecule has 0 fully saturated rings. The minimum atomic E-state index is -0.403. The zero-order valence-corrected chi connectivity index (χ0v) is 58.9. The summed E-state index contributed by atoms with van der Waals surface area (Å²) in [4.78, 5) is 60.9. The zero-order chi connectivity index (χ0) is 75.8. The number of fused-ring (bicyclic) bond motifs is 10. The number of aromatic hydroxyl groups is 4. The first-order valence-corrected chi connectivity index (χ1v) is 32.4. The highest BCUT2D eigenvalue weighted by Gasteiger charge is 2.28. The van der Waals surface area contributed by atoms with Gasteiger partial charge in [0, 0.05) is 30.3 Å². The molecule has 0 amide bonds. The third-order valence-electron chi connectivity index (χ3n) is 17.1. The molecule has 27 nitrogen and oxygen atoms in total. The maximum Gasteiger partial charge on any atom is 0.206 e. The molecular formula is C80H64O27. The van der Waals surface area contributed by atoms with E-state index in [0.29, 0.717) is 118 Å². The maximum atomic E-state index is 12.6. The molecule has 0 aliphatic rings. The van der Waals surface area contributed by atoms with E-state index in [1.807, 2.05) is 48.5 Å². The lowest BCUT2D eigenvalue weighted by atomic mass is 10.1. The molecule has 0 radical (unpaired) electrons. The van der Waals surface area contributed by atoms with Crippen molar-refractivity contribution in [1.29, 1.82) is 0 Å². The molecule has 0 aliphatic carbocycles. The van der Waals surface area contributed by atoms with E-state index >= 15 is 0 Å². The van der Waals surface area contributed by atoms with Crippen LogP contribution in [0.25, 0.3) is 110 Å². The van der Waals surface area contributed by atoms with Crippen molar-refractivity contribution in [3.63, 3.8) is 0 Å². The second kappa shape index (κ2) is 29.3. The van der Waals surface area contributed by atoms with Gasteiger partial charge in [0.1, 0.15) is 109 Å². The highest BCUT2D eigenvalue weighted by molar-refractivity contribution is 6.10. The summed E-state index contributed by atoms with van der Waals surface area (Å²) in [7, 11) is 9.20. The lowest BCUT2D eigenvalue weighted by Crippen LogP contribution is -2.05. The molecule has 546 valence electrons. The number of benzene rings is 7. The van der Waals surface area contributed by atoms with Crippen LogP contribution in [0.15, 0.2) is 209 Å². The van der Waals surface area contributed by atoms with Crippen LogP contribution < -0.4 is 65.0 Å². The lowest BCUT2D eigenvalue weighted by Gasteiger charge is -2.13. The van der Waals surface area contributed by atoms with E-state index in [-0.39, 0.29) is 113 Å². The summed E-state index contributed by atoms with van der Waals surface area (Å²) < 4.78 is 98.2. The molecule has 0 aliphatic heterocycles. The number of hydrogen-bond acceptors (Lipinski definition) is 27. The van der Waals surface area contributed by atoms with Crippen molar-refractivity contribution in [3.8, 4) is 69.0 Å². The molecule has 0 spiro atoms. The molecule has 0 bridgehead atoms. The zero-order valence-electron chi connectivity index (χ0n) is 58.9. The molecule has 107 heavy (non-hydrogen) atoms. The highest BCUT2D eigenvalue weighted by Crippen LogP contribution is 2.47. The highest BCUT2D eigenvalue weighted by atomic mass is 16.5. The van der Waals surface area contributed by atoms with Gasteiger partial charge in [-0.2, -0.15) is 0 Å². The Morgan fingerprint density at radius 2 is 0.533 bits per heavy atom. The van der Waals surface area contributed by atoms with E-state index in [1.54, 1.807) is 73.1 Å². The molecule has 7 aromatic carbocycles. The lowest BCUT2D eigenvalue weighted by molar-refractivity contribution is 0.302. The van der Waals surface area contributed by atoms with Gasteiger partial charge in [-0.25, -0.2) is 0 Å². The summed E-state index contributed by atoms with van der Waals surface area (Å²) >= 11 is 0. The normalized spacial score (nSPS) is 11.2. The Hall–Kier alpha value is -14.1. The van der Waals surface area contributed by atoms with E-state index in [1.165, 1.54) is 96.2 Å². The van der Waals surface area contributed by atoms with Crippen LogP contribution in [-0.4, -0.2) is 63.1 Å². The van der Waals surface area contributed by atoms with Crippen molar-refractivity contribution >= 4 is 110 Å². The Kier molecular flexibility index (Phi) is 19.5. The fraction of sp³-hybridized carbons (Fsp3) is 0.163. The minimum Gasteiger partial charge on any atom is -0.506 e. The Balaban J connectivity index is 0.000000120. The van der Waals surface area contributed by atoms with Gasteiger partial charge in [-0.05, 0) is 100 Å². The summed E-state index contributed by atoms with van der Waals surface area (Å²) in [5, 5.41) is 44.0. The Bertz CT molecular complexity index is 6580. The van der Waals surface area contributed by atoms with Crippen molar-refractivity contribution in [2.45, 2.75) is 47.8 Å². The molecule has 17 rings (SSSR count). The van der Waals surface area contributed by atoms with Crippen LogP contribution in [0, 0.1) is 34.6 Å². The van der Waals surface area contributed by atoms with Crippen molar-refractivity contribution < 1.29 is 102 Å². The predicted molar refractivity (Wildman–Crippen MR) is 392 cm³/mol. The molecule has 0 saturated carbocycles. The van der Waals surface area contributed by atoms with Gasteiger partial charge in [-0.3, -0.25) is 24.0 Å². The smallest absolute Gasteiger partial charge is 0.206 e. The number of hydrogen-bond donors (Lipinski definition) is 4. The summed E-state index contributed by atoms with van der Waals surface area (Å²) in [6.07, 6.45) is 7.22. The summed E-state index contributed by atoms with van der Waals surface area (Å²) in [5.74, 6) is 5.07. The molecule has 10 aromatic heterocycles. The van der Waals surface area contributed by atoms with E-state index in [0.717, 1.165) is 22.6 Å². The van der Waals surface area contributed by atoms with E-state index < -0.39 is 5.43 Å². The number of furan rings is 5. The van der Waals surface area contributed by atoms with Gasteiger partial charge >= 0.3 is 0 Å². The first kappa shape index (κ1) is 71.3. The first-order valence-electron chi connectivity index (χ1n) is 32.4. The Morgan fingerprint density at radius 1 is 0.271 bits per heavy atom. The second-order valence-corrected chi connectivity index (χ2v) is 23.9. The monoisotopic (exact) mass is 1460 g/mol. The van der Waals surface area contributed by atoms with Crippen LogP contribution >= 0.6 is 0 Å². The molecule has 27 heteroatoms. The van der Waals surface area contributed by atoms with Crippen LogP contribution in [-0.2, 0) is 13.2 Å². The Morgan fingerprint density at radius 3 is 0.907 bits per heavy atom. The van der Waals surface area contributed by atoms with Crippen LogP contribution in [0.2, 0.25) is 0 Å². The van der Waals surface area contributed by atoms with Gasteiger partial charge in [0.2, 0.25) is 28.7 Å². The molecule has 0 unspecified atom stereocenters. The van der Waals surface area contributed by atoms with Gasteiger partial charge in [0.05, 0.1) is 101 Å². The first-order chi connectivity index (χ1) is 51.6. The molecule has 4 N–H and O–H groups in total. The quantitative estimate of drug-likeness (QED) is 0.0825. The molecular weight excluding hydrogens is 1390 g/mol. The van der Waals surface area contributed by atoms with E-state index in [2.05, 4.69) is 0 Å². The van der Waals surface area contributed by atoms with Gasteiger partial charge < -0.3 is 102 Å². The van der Waals surface area contributed by atoms with Crippen molar-refractivity contribution in [2.75, 3.05) is 42.7 Å². The molecule has 10 heterocycles. The standard InChI is InChI=1S/C21H18O6.C20H16O6.C14H12O5.C13H10O5.C12H8O5/c1-12-10-16(22)17-18(24-3)15-8-9-25-19(15)21(20(17)27-12)26-11-13-4-6-14(23-2)7-5-13;1-11-9-15(21)16-17(22)14-7-8-24-18(14)20(19(16)26-11)25-10-12-3-5-13(23-2)6-4-12;1-7-6-9(15)10-11(16-2)8-4-5-18-12(8)14(17-3)13(10)19-7;1-6-5-8(14)9-11(16-2)7-3-4-17-12(7)10(15)13(9)18-6;1-5-4-7(13)8-9(14)6-2-3-16-11(6)10(15)12(8)17-5/h4-10H,11H2,1-3H3;3-9,22H,10H2,1-2H3;4-6H,1-3H3;3-5,15H,1-2H3;2-4,14-15H,1H3. The summed E-state index contributed by atoms with van der Waals surface area (Å²) in [6.45, 7) is 8.82. The second-order valence-electron chi connectivity index (χ2n) is 23.9. The third-order valence-corrected chi connectivity index (χ3v) is 17.1. The number of phenols is 4. The van der Waals surface area contributed by atoms with Crippen molar-refractivity contribution in [2.24, 2.45) is 0 Å². The van der Waals surface area contributed by atoms with E-state index in [9.17, 15) is 44.4 Å². The Labute approximate surface area is 600 Å². The van der Waals surface area contributed by atoms with Crippen LogP contribution in [0.5, 0.6) is 69.0 Å². The fourth-order valence-electron chi connectivity index (χ4n) is 12.3. The average molecular weight is 1460 g/mol. The van der Waals surface area contributed by atoms with Gasteiger partial charge in [-0.15, -0.1) is 0 Å². The minimum absolute atomic E-state index is 0.0398. The third kappa shape index (κ3) is 13.1. The molecule has 0 saturated heterocycles. The topological polar surface area (TPSA) is 372 Å². The fourth-order valence-corrected chi connectivity index (χ4v) is 12.3. The van der Waals surface area contributed by atoms with Crippen LogP contribution in [0.4, 0.5) is 0 Å². The number of ether oxygens (including phenoxy) is 8. The number of rotatable bonds is 12. The summed E-state index contributed by atoms with van der Waals surface area (Å²) in [5.41, 5.74) is 2.98. The maximum absolute atomic E-state index is 12.6. The van der Waals surface area contributed by atoms with Gasteiger partial charge in [0.15, 0.2) is 83.0 Å². The average Bonchev–Trinajstić information content (AvgIpc) is 1.76. The predicted octanol–water partition coefficient (Wildman–Crippen LogP) is 16.3. The van der Waals surface area contributed by atoms with Crippen molar-refractivity contribution in [3.05, 3.63) is 232 Å². The van der Waals surface area contributed by atoms with Gasteiger partial charge in [0.25, 0.3) is 0 Å². The largest absolute Gasteiger partial charge is 0.506 e. The summed E-state index contributed by atoms with van der Waals surface area (Å²) in [6, 6.07) is 29.9. The van der Waals surface area contributed by atoms with Crippen molar-refractivity contribution in [1.82, 2.24) is 0 Å².